The van der Waals surface area contributed by atoms with Crippen molar-refractivity contribution < 1.29 is 19.1 Å². The molecular formula is C26H28Cl2N6O5. The largest absolute Gasteiger partial charge is 0.434 e. The fourth-order valence-electron chi connectivity index (χ4n) is 3.82. The summed E-state index contributed by atoms with van der Waals surface area (Å²) in [7, 11) is 3.40. The van der Waals surface area contributed by atoms with Crippen molar-refractivity contribution in [1.29, 1.82) is 0 Å². The Kier molecular flexibility index (Phi) is 8.88. The van der Waals surface area contributed by atoms with Crippen LogP contribution in [0.2, 0.25) is 10.0 Å². The molecule has 39 heavy (non-hydrogen) atoms. The van der Waals surface area contributed by atoms with Crippen LogP contribution in [0.1, 0.15) is 30.9 Å². The van der Waals surface area contributed by atoms with E-state index in [2.05, 4.69) is 15.6 Å². The Morgan fingerprint density at radius 2 is 1.72 bits per heavy atom. The third-order valence-corrected chi connectivity index (χ3v) is 6.46. The van der Waals surface area contributed by atoms with Gasteiger partial charge in [-0.15, -0.1) is 5.10 Å². The second-order valence-electron chi connectivity index (χ2n) is 9.33. The molecule has 0 bridgehead atoms. The monoisotopic (exact) mass is 574 g/mol. The number of rotatable bonds is 9. The first-order valence-corrected chi connectivity index (χ1v) is 12.8. The number of aromatic nitrogens is 2. The van der Waals surface area contributed by atoms with Crippen molar-refractivity contribution in [3.05, 3.63) is 80.1 Å². The number of carbonyl (C=O) groups is 2. The molecule has 3 aromatic rings. The molecule has 206 valence electrons. The molecule has 1 fully saturated rings. The first-order valence-electron chi connectivity index (χ1n) is 12.0. The smallest absolute Gasteiger partial charge is 0.347 e. The van der Waals surface area contributed by atoms with Crippen LogP contribution < -0.4 is 20.7 Å². The van der Waals surface area contributed by atoms with Gasteiger partial charge in [0.25, 0.3) is 11.5 Å². The van der Waals surface area contributed by atoms with E-state index in [4.69, 9.17) is 32.7 Å². The van der Waals surface area contributed by atoms with Gasteiger partial charge in [0.15, 0.2) is 11.9 Å². The number of nitrogens with zero attached hydrogens (tertiary/aromatic N) is 4. The van der Waals surface area contributed by atoms with Crippen LogP contribution in [0, 0.1) is 0 Å². The van der Waals surface area contributed by atoms with E-state index in [-0.39, 0.29) is 52.2 Å². The first kappa shape index (κ1) is 28.5. The Morgan fingerprint density at radius 3 is 2.33 bits per heavy atom. The van der Waals surface area contributed by atoms with Crippen LogP contribution in [0.5, 0.6) is 11.6 Å². The average Bonchev–Trinajstić information content (AvgIpc) is 2.89. The van der Waals surface area contributed by atoms with Gasteiger partial charge >= 0.3 is 6.03 Å². The highest BCUT2D eigenvalue weighted by atomic mass is 35.5. The molecule has 1 saturated heterocycles. The normalized spacial score (nSPS) is 15.9. The number of amides is 3. The highest BCUT2D eigenvalue weighted by molar-refractivity contribution is 6.37. The molecule has 3 amide bonds. The second-order valence-corrected chi connectivity index (χ2v) is 10.1. The van der Waals surface area contributed by atoms with Crippen molar-refractivity contribution in [2.24, 2.45) is 0 Å². The minimum Gasteiger partial charge on any atom is -0.434 e. The SMILES string of the molecule is CC(C)c1cc(Oc2c(Cl)cc(N3NC(N(C)C)C(=O)N(COCc4ccccc4)C3=O)cc2Cl)n[nH]c1=O. The number of aromatic amines is 1. The number of hydrazine groups is 1. The van der Waals surface area contributed by atoms with E-state index in [1.54, 1.807) is 19.0 Å². The predicted molar refractivity (Wildman–Crippen MR) is 147 cm³/mol. The van der Waals surface area contributed by atoms with Crippen LogP contribution in [0.25, 0.3) is 0 Å². The fourth-order valence-corrected chi connectivity index (χ4v) is 4.38. The van der Waals surface area contributed by atoms with Crippen LogP contribution in [0.3, 0.4) is 0 Å². The molecule has 0 saturated carbocycles. The summed E-state index contributed by atoms with van der Waals surface area (Å²) in [5.74, 6) is -0.349. The van der Waals surface area contributed by atoms with Crippen LogP contribution in [-0.4, -0.2) is 58.9 Å². The number of anilines is 1. The van der Waals surface area contributed by atoms with E-state index in [1.165, 1.54) is 23.2 Å². The second kappa shape index (κ2) is 12.1. The lowest BCUT2D eigenvalue weighted by Crippen LogP contribution is -2.69. The van der Waals surface area contributed by atoms with Gasteiger partial charge in [-0.05, 0) is 37.7 Å². The third-order valence-electron chi connectivity index (χ3n) is 5.90. The number of hydrogen-bond donors (Lipinski definition) is 2. The minimum absolute atomic E-state index is 0.0596. The van der Waals surface area contributed by atoms with Crippen LogP contribution >= 0.6 is 23.2 Å². The number of benzene rings is 2. The van der Waals surface area contributed by atoms with Crippen LogP contribution in [0.15, 0.2) is 53.3 Å². The molecule has 1 aromatic heterocycles. The van der Waals surface area contributed by atoms with Crippen molar-refractivity contribution in [3.63, 3.8) is 0 Å². The van der Waals surface area contributed by atoms with Gasteiger partial charge in [-0.1, -0.05) is 67.4 Å². The molecule has 4 rings (SSSR count). The molecule has 1 atom stereocenters. The van der Waals surface area contributed by atoms with Crippen LogP contribution in [0.4, 0.5) is 10.5 Å². The van der Waals surface area contributed by atoms with E-state index in [0.29, 0.717) is 5.56 Å². The number of halogens is 2. The van der Waals surface area contributed by atoms with E-state index >= 15 is 0 Å². The zero-order valence-corrected chi connectivity index (χ0v) is 23.3. The molecule has 0 aliphatic carbocycles. The summed E-state index contributed by atoms with van der Waals surface area (Å²) < 4.78 is 11.5. The van der Waals surface area contributed by atoms with Gasteiger partial charge in [0, 0.05) is 11.6 Å². The van der Waals surface area contributed by atoms with E-state index in [0.717, 1.165) is 10.5 Å². The number of imide groups is 1. The molecule has 0 spiro atoms. The van der Waals surface area contributed by atoms with Gasteiger partial charge in [-0.3, -0.25) is 14.5 Å². The summed E-state index contributed by atoms with van der Waals surface area (Å²) in [6.07, 6.45) is -0.865. The van der Waals surface area contributed by atoms with Crippen molar-refractivity contribution in [1.82, 2.24) is 25.4 Å². The molecule has 2 heterocycles. The maximum absolute atomic E-state index is 13.4. The van der Waals surface area contributed by atoms with Crippen molar-refractivity contribution in [2.75, 3.05) is 25.8 Å². The predicted octanol–water partition coefficient (Wildman–Crippen LogP) is 4.33. The number of hydrogen-bond acceptors (Lipinski definition) is 8. The van der Waals surface area contributed by atoms with Crippen molar-refractivity contribution in [3.8, 4) is 11.6 Å². The van der Waals surface area contributed by atoms with E-state index in [1.807, 2.05) is 44.2 Å². The number of H-pyrrole nitrogens is 1. The molecule has 1 unspecified atom stereocenters. The Morgan fingerprint density at radius 1 is 1.05 bits per heavy atom. The van der Waals surface area contributed by atoms with Gasteiger partial charge in [0.1, 0.15) is 6.73 Å². The molecule has 11 nitrogen and oxygen atoms in total. The zero-order chi connectivity index (χ0) is 28.3. The Bertz CT molecular complexity index is 1390. The molecule has 2 aromatic carbocycles. The summed E-state index contributed by atoms with van der Waals surface area (Å²) in [5.41, 5.74) is 4.25. The minimum atomic E-state index is -0.865. The van der Waals surface area contributed by atoms with E-state index < -0.39 is 18.1 Å². The third kappa shape index (κ3) is 6.40. The van der Waals surface area contributed by atoms with Gasteiger partial charge in [0.2, 0.25) is 5.88 Å². The lowest BCUT2D eigenvalue weighted by Gasteiger charge is -2.41. The molecule has 0 radical (unpaired) electrons. The molecule has 1 aliphatic heterocycles. The van der Waals surface area contributed by atoms with Crippen molar-refractivity contribution in [2.45, 2.75) is 32.5 Å². The zero-order valence-electron chi connectivity index (χ0n) is 21.8. The molecule has 2 N–H and O–H groups in total. The number of likely N-dealkylation sites (N-methyl/N-ethyl adjacent to an activating group) is 1. The summed E-state index contributed by atoms with van der Waals surface area (Å²) in [5, 5.41) is 7.63. The fraction of sp³-hybridized carbons (Fsp3) is 0.308. The Balaban J connectivity index is 1.58. The Labute approximate surface area is 235 Å². The molecule has 1 aliphatic rings. The average molecular weight is 575 g/mol. The van der Waals surface area contributed by atoms with Gasteiger partial charge in [-0.2, -0.15) is 5.43 Å². The maximum Gasteiger partial charge on any atom is 0.347 e. The summed E-state index contributed by atoms with van der Waals surface area (Å²) in [6, 6.07) is 13.2. The quantitative estimate of drug-likeness (QED) is 0.387. The maximum atomic E-state index is 13.4. The standard InChI is InChI=1S/C26H28Cl2N6O5/c1-15(2)18-12-21(29-30-24(18)35)39-22-19(27)10-17(11-20(22)28)34-26(37)33(25(36)23(31-34)32(3)4)14-38-13-16-8-6-5-7-9-16/h5-12,15,23,31H,13-14H2,1-4H3,(H,30,35). The summed E-state index contributed by atoms with van der Waals surface area (Å²) in [4.78, 5) is 41.1. The lowest BCUT2D eigenvalue weighted by atomic mass is 10.1. The number of carbonyl (C=O) groups excluding carboxylic acids is 2. The molecule has 13 heteroatoms. The lowest BCUT2D eigenvalue weighted by molar-refractivity contribution is -0.140. The number of urea groups is 1. The topological polar surface area (TPSA) is 120 Å². The number of nitrogens with one attached hydrogen (secondary N) is 2. The summed E-state index contributed by atoms with van der Waals surface area (Å²) in [6.45, 7) is 3.70. The van der Waals surface area contributed by atoms with Gasteiger partial charge < -0.3 is 9.47 Å². The first-order chi connectivity index (χ1) is 18.6. The highest BCUT2D eigenvalue weighted by Crippen LogP contribution is 2.39. The highest BCUT2D eigenvalue weighted by Gasteiger charge is 2.41. The van der Waals surface area contributed by atoms with Gasteiger partial charge in [-0.25, -0.2) is 19.8 Å². The number of ether oxygens (including phenoxy) is 2. The molecular weight excluding hydrogens is 547 g/mol. The van der Waals surface area contributed by atoms with Gasteiger partial charge in [0.05, 0.1) is 22.3 Å². The van der Waals surface area contributed by atoms with E-state index in [9.17, 15) is 14.4 Å². The summed E-state index contributed by atoms with van der Waals surface area (Å²) >= 11 is 13.0. The van der Waals surface area contributed by atoms with Crippen LogP contribution in [-0.2, 0) is 16.1 Å². The van der Waals surface area contributed by atoms with Crippen molar-refractivity contribution >= 4 is 40.8 Å². The Hall–Kier alpha value is -3.48.